The molecule has 1 aromatic carbocycles. The minimum absolute atomic E-state index is 0.180. The van der Waals surface area contributed by atoms with E-state index < -0.39 is 0 Å². The van der Waals surface area contributed by atoms with Gasteiger partial charge >= 0.3 is 0 Å². The summed E-state index contributed by atoms with van der Waals surface area (Å²) >= 11 is 5.57. The summed E-state index contributed by atoms with van der Waals surface area (Å²) in [5.74, 6) is -0.180. The van der Waals surface area contributed by atoms with Gasteiger partial charge < -0.3 is 15.1 Å². The van der Waals surface area contributed by atoms with E-state index in [1.807, 2.05) is 12.1 Å². The SMILES string of the molecule is Fc1ccc(N2CCN(C(=S)NC3CCCCC3)CC2)cc1. The summed E-state index contributed by atoms with van der Waals surface area (Å²) < 4.78 is 13.0. The first-order chi connectivity index (χ1) is 10.7. The van der Waals surface area contributed by atoms with Crippen LogP contribution in [0, 0.1) is 5.82 Å². The molecule has 0 radical (unpaired) electrons. The molecule has 0 unspecified atom stereocenters. The van der Waals surface area contributed by atoms with Crippen LogP contribution in [0.15, 0.2) is 24.3 Å². The molecule has 1 aliphatic carbocycles. The number of halogens is 1. The molecule has 0 atom stereocenters. The molecule has 1 saturated carbocycles. The first-order valence-electron chi connectivity index (χ1n) is 8.28. The molecule has 2 fully saturated rings. The van der Waals surface area contributed by atoms with Gasteiger partial charge in [0.25, 0.3) is 0 Å². The molecule has 0 amide bonds. The van der Waals surface area contributed by atoms with Gasteiger partial charge in [-0.25, -0.2) is 4.39 Å². The zero-order chi connectivity index (χ0) is 15.4. The van der Waals surface area contributed by atoms with Crippen LogP contribution < -0.4 is 10.2 Å². The van der Waals surface area contributed by atoms with E-state index in [0.717, 1.165) is 37.0 Å². The molecule has 2 aliphatic rings. The van der Waals surface area contributed by atoms with Gasteiger partial charge in [-0.1, -0.05) is 19.3 Å². The van der Waals surface area contributed by atoms with E-state index in [2.05, 4.69) is 15.1 Å². The molecule has 0 bridgehead atoms. The summed E-state index contributed by atoms with van der Waals surface area (Å²) in [5.41, 5.74) is 1.09. The van der Waals surface area contributed by atoms with Crippen LogP contribution in [-0.2, 0) is 0 Å². The number of piperazine rings is 1. The fourth-order valence-electron chi connectivity index (χ4n) is 3.33. The van der Waals surface area contributed by atoms with Crippen molar-refractivity contribution in [3.05, 3.63) is 30.1 Å². The third-order valence-corrected chi connectivity index (χ3v) is 5.07. The Morgan fingerprint density at radius 3 is 2.27 bits per heavy atom. The Bertz CT molecular complexity index is 491. The minimum atomic E-state index is -0.180. The van der Waals surface area contributed by atoms with Crippen molar-refractivity contribution in [2.24, 2.45) is 0 Å². The highest BCUT2D eigenvalue weighted by Crippen LogP contribution is 2.19. The number of nitrogens with one attached hydrogen (secondary N) is 1. The molecule has 5 heteroatoms. The molecular weight excluding hydrogens is 297 g/mol. The third-order valence-electron chi connectivity index (χ3n) is 4.69. The lowest BCUT2D eigenvalue weighted by Crippen LogP contribution is -2.53. The van der Waals surface area contributed by atoms with Crippen LogP contribution in [-0.4, -0.2) is 42.2 Å². The van der Waals surface area contributed by atoms with Crippen LogP contribution in [0.3, 0.4) is 0 Å². The normalized spacial score (nSPS) is 20.0. The van der Waals surface area contributed by atoms with Gasteiger partial charge in [0.2, 0.25) is 0 Å². The second kappa shape index (κ2) is 7.27. The predicted octanol–water partition coefficient (Wildman–Crippen LogP) is 3.15. The number of benzene rings is 1. The maximum Gasteiger partial charge on any atom is 0.169 e. The molecule has 1 saturated heterocycles. The zero-order valence-electron chi connectivity index (χ0n) is 12.9. The molecule has 1 N–H and O–H groups in total. The Morgan fingerprint density at radius 2 is 1.64 bits per heavy atom. The zero-order valence-corrected chi connectivity index (χ0v) is 13.7. The predicted molar refractivity (Wildman–Crippen MR) is 92.8 cm³/mol. The minimum Gasteiger partial charge on any atom is -0.368 e. The van der Waals surface area contributed by atoms with Crippen molar-refractivity contribution in [1.29, 1.82) is 0 Å². The molecule has 120 valence electrons. The van der Waals surface area contributed by atoms with Crippen molar-refractivity contribution in [2.75, 3.05) is 31.1 Å². The number of thiocarbonyl (C=S) groups is 1. The standard InChI is InChI=1S/C17H24FN3S/c18-14-6-8-16(9-7-14)20-10-12-21(13-11-20)17(22)19-15-4-2-1-3-5-15/h6-9,15H,1-5,10-13H2,(H,19,22). The highest BCUT2D eigenvalue weighted by molar-refractivity contribution is 7.80. The van der Waals surface area contributed by atoms with Crippen molar-refractivity contribution in [3.8, 4) is 0 Å². The highest BCUT2D eigenvalue weighted by atomic mass is 32.1. The molecular formula is C17H24FN3S. The maximum atomic E-state index is 13.0. The molecule has 3 rings (SSSR count). The van der Waals surface area contributed by atoms with Crippen LogP contribution in [0.1, 0.15) is 32.1 Å². The van der Waals surface area contributed by atoms with Gasteiger partial charge in [-0.05, 0) is 49.3 Å². The van der Waals surface area contributed by atoms with Crippen LogP contribution >= 0.6 is 12.2 Å². The van der Waals surface area contributed by atoms with Gasteiger partial charge in [-0.15, -0.1) is 0 Å². The molecule has 22 heavy (non-hydrogen) atoms. The number of nitrogens with zero attached hydrogens (tertiary/aromatic N) is 2. The van der Waals surface area contributed by atoms with Crippen molar-refractivity contribution in [2.45, 2.75) is 38.1 Å². The number of rotatable bonds is 2. The van der Waals surface area contributed by atoms with Crippen molar-refractivity contribution in [1.82, 2.24) is 10.2 Å². The molecule has 0 aromatic heterocycles. The fraction of sp³-hybridized carbons (Fsp3) is 0.588. The van der Waals surface area contributed by atoms with E-state index in [1.165, 1.54) is 44.2 Å². The molecule has 3 nitrogen and oxygen atoms in total. The maximum absolute atomic E-state index is 13.0. The van der Waals surface area contributed by atoms with Gasteiger partial charge in [-0.2, -0.15) is 0 Å². The summed E-state index contributed by atoms with van der Waals surface area (Å²) in [5, 5.41) is 4.45. The lowest BCUT2D eigenvalue weighted by Gasteiger charge is -2.38. The summed E-state index contributed by atoms with van der Waals surface area (Å²) in [4.78, 5) is 4.56. The molecule has 0 spiro atoms. The Morgan fingerprint density at radius 1 is 1.00 bits per heavy atom. The second-order valence-corrected chi connectivity index (χ2v) is 6.62. The van der Waals surface area contributed by atoms with Crippen LogP contribution in [0.4, 0.5) is 10.1 Å². The van der Waals surface area contributed by atoms with Gasteiger partial charge in [0, 0.05) is 37.9 Å². The Labute approximate surface area is 137 Å². The topological polar surface area (TPSA) is 18.5 Å². The smallest absolute Gasteiger partial charge is 0.169 e. The van der Waals surface area contributed by atoms with Crippen molar-refractivity contribution < 1.29 is 4.39 Å². The van der Waals surface area contributed by atoms with E-state index in [1.54, 1.807) is 0 Å². The van der Waals surface area contributed by atoms with Crippen LogP contribution in [0.5, 0.6) is 0 Å². The third kappa shape index (κ3) is 3.88. The number of anilines is 1. The Hall–Kier alpha value is -1.36. The van der Waals surface area contributed by atoms with Crippen LogP contribution in [0.2, 0.25) is 0 Å². The lowest BCUT2D eigenvalue weighted by atomic mass is 9.96. The Kier molecular flexibility index (Phi) is 5.13. The highest BCUT2D eigenvalue weighted by Gasteiger charge is 2.21. The fourth-order valence-corrected chi connectivity index (χ4v) is 3.68. The summed E-state index contributed by atoms with van der Waals surface area (Å²) in [6, 6.07) is 7.32. The van der Waals surface area contributed by atoms with E-state index >= 15 is 0 Å². The quantitative estimate of drug-likeness (QED) is 0.843. The first-order valence-corrected chi connectivity index (χ1v) is 8.69. The molecule has 1 aliphatic heterocycles. The van der Waals surface area contributed by atoms with Gasteiger partial charge in [-0.3, -0.25) is 0 Å². The van der Waals surface area contributed by atoms with E-state index in [9.17, 15) is 4.39 Å². The average Bonchev–Trinajstić information content (AvgIpc) is 2.57. The van der Waals surface area contributed by atoms with Crippen molar-refractivity contribution >= 4 is 23.0 Å². The average molecular weight is 321 g/mol. The molecule has 1 aromatic rings. The lowest BCUT2D eigenvalue weighted by molar-refractivity contribution is 0.355. The van der Waals surface area contributed by atoms with E-state index in [0.29, 0.717) is 6.04 Å². The second-order valence-electron chi connectivity index (χ2n) is 6.23. The number of hydrogen-bond donors (Lipinski definition) is 1. The number of hydrogen-bond acceptors (Lipinski definition) is 2. The summed E-state index contributed by atoms with van der Waals surface area (Å²) in [7, 11) is 0. The van der Waals surface area contributed by atoms with Crippen molar-refractivity contribution in [3.63, 3.8) is 0 Å². The first kappa shape index (κ1) is 15.5. The van der Waals surface area contributed by atoms with E-state index in [4.69, 9.17) is 12.2 Å². The van der Waals surface area contributed by atoms with Gasteiger partial charge in [0.05, 0.1) is 0 Å². The van der Waals surface area contributed by atoms with Crippen LogP contribution in [0.25, 0.3) is 0 Å². The summed E-state index contributed by atoms with van der Waals surface area (Å²) in [6.45, 7) is 3.71. The van der Waals surface area contributed by atoms with Gasteiger partial charge in [0.1, 0.15) is 5.82 Å². The van der Waals surface area contributed by atoms with Gasteiger partial charge in [0.15, 0.2) is 5.11 Å². The van der Waals surface area contributed by atoms with E-state index in [-0.39, 0.29) is 5.82 Å². The summed E-state index contributed by atoms with van der Waals surface area (Å²) in [6.07, 6.45) is 6.49. The largest absolute Gasteiger partial charge is 0.368 e. The Balaban J connectivity index is 1.48. The molecule has 1 heterocycles. The monoisotopic (exact) mass is 321 g/mol.